The maximum Gasteiger partial charge on any atom is 0.168 e. The first-order chi connectivity index (χ1) is 12.1. The van der Waals surface area contributed by atoms with Gasteiger partial charge in [-0.3, -0.25) is 4.79 Å². The number of hydrogen-bond donors (Lipinski definition) is 3. The third-order valence-electron chi connectivity index (χ3n) is 4.24. The molecule has 0 aliphatic carbocycles. The van der Waals surface area contributed by atoms with Gasteiger partial charge in [0.15, 0.2) is 5.78 Å². The van der Waals surface area contributed by atoms with Crippen LogP contribution in [0.5, 0.6) is 5.75 Å². The number of aliphatic hydroxyl groups excluding tert-OH is 1. The SMILES string of the molecule is CCC(CC)C(=O)c1ccc(OCC(O)CNC(C)(C)C)c(C#N)c1N. The number of nitrogen functional groups attached to an aromatic ring is 1. The van der Waals surface area contributed by atoms with Crippen molar-refractivity contribution in [2.45, 2.75) is 59.1 Å². The molecule has 0 fully saturated rings. The minimum Gasteiger partial charge on any atom is -0.489 e. The maximum absolute atomic E-state index is 12.6. The molecule has 1 aromatic carbocycles. The zero-order chi connectivity index (χ0) is 19.9. The molecular formula is C20H31N3O3. The molecular weight excluding hydrogens is 330 g/mol. The lowest BCUT2D eigenvalue weighted by molar-refractivity contribution is 0.0913. The lowest BCUT2D eigenvalue weighted by Crippen LogP contribution is -2.42. The zero-order valence-electron chi connectivity index (χ0n) is 16.4. The Balaban J connectivity index is 2.90. The second kappa shape index (κ2) is 9.56. The summed E-state index contributed by atoms with van der Waals surface area (Å²) < 4.78 is 5.58. The molecule has 4 N–H and O–H groups in total. The fourth-order valence-corrected chi connectivity index (χ4v) is 2.60. The molecule has 0 bridgehead atoms. The second-order valence-electron chi connectivity index (χ2n) is 7.49. The number of hydrogen-bond acceptors (Lipinski definition) is 6. The minimum absolute atomic E-state index is 0.0248. The van der Waals surface area contributed by atoms with Crippen LogP contribution in [0.2, 0.25) is 0 Å². The first-order valence-electron chi connectivity index (χ1n) is 9.07. The summed E-state index contributed by atoms with van der Waals surface area (Å²) in [5, 5.41) is 22.7. The number of ketones is 1. The van der Waals surface area contributed by atoms with Crippen LogP contribution >= 0.6 is 0 Å². The van der Waals surface area contributed by atoms with Crippen molar-refractivity contribution in [1.82, 2.24) is 5.32 Å². The molecule has 0 aromatic heterocycles. The van der Waals surface area contributed by atoms with Crippen LogP contribution in [0, 0.1) is 17.2 Å². The van der Waals surface area contributed by atoms with E-state index in [1.807, 2.05) is 40.7 Å². The quantitative estimate of drug-likeness (QED) is 0.461. The lowest BCUT2D eigenvalue weighted by atomic mass is 9.91. The van der Waals surface area contributed by atoms with Crippen LogP contribution in [0.25, 0.3) is 0 Å². The van der Waals surface area contributed by atoms with E-state index < -0.39 is 6.10 Å². The topological polar surface area (TPSA) is 108 Å². The van der Waals surface area contributed by atoms with Gasteiger partial charge in [0.2, 0.25) is 0 Å². The summed E-state index contributed by atoms with van der Waals surface area (Å²) in [5.41, 5.74) is 6.59. The number of rotatable bonds is 9. The first kappa shape index (κ1) is 21.9. The third kappa shape index (κ3) is 6.01. The third-order valence-corrected chi connectivity index (χ3v) is 4.24. The molecule has 0 aliphatic heterocycles. The summed E-state index contributed by atoms with van der Waals surface area (Å²) in [6, 6.07) is 5.20. The Labute approximate surface area is 156 Å². The van der Waals surface area contributed by atoms with Gasteiger partial charge in [0, 0.05) is 23.6 Å². The summed E-state index contributed by atoms with van der Waals surface area (Å²) in [6.07, 6.45) is 0.719. The number of aliphatic hydroxyl groups is 1. The highest BCUT2D eigenvalue weighted by Gasteiger charge is 2.22. The monoisotopic (exact) mass is 361 g/mol. The summed E-state index contributed by atoms with van der Waals surface area (Å²) in [6.45, 7) is 10.3. The fraction of sp³-hybridized carbons (Fsp3) is 0.600. The molecule has 0 heterocycles. The van der Waals surface area contributed by atoms with Gasteiger partial charge in [-0.15, -0.1) is 0 Å². The van der Waals surface area contributed by atoms with Crippen LogP contribution in [0.1, 0.15) is 63.4 Å². The molecule has 1 unspecified atom stereocenters. The number of carbonyl (C=O) groups is 1. The Kier molecular flexibility index (Phi) is 8.07. The molecule has 0 saturated heterocycles. The molecule has 1 atom stereocenters. The van der Waals surface area contributed by atoms with Crippen molar-refractivity contribution >= 4 is 11.5 Å². The van der Waals surface area contributed by atoms with E-state index in [-0.39, 0.29) is 40.8 Å². The fourth-order valence-electron chi connectivity index (χ4n) is 2.60. The van der Waals surface area contributed by atoms with Crippen molar-refractivity contribution in [3.05, 3.63) is 23.3 Å². The summed E-state index contributed by atoms with van der Waals surface area (Å²) >= 11 is 0. The predicted molar refractivity (Wildman–Crippen MR) is 103 cm³/mol. The smallest absolute Gasteiger partial charge is 0.168 e. The number of carbonyl (C=O) groups excluding carboxylic acids is 1. The van der Waals surface area contributed by atoms with E-state index in [1.165, 1.54) is 0 Å². The van der Waals surface area contributed by atoms with E-state index in [9.17, 15) is 15.2 Å². The van der Waals surface area contributed by atoms with Crippen molar-refractivity contribution in [2.24, 2.45) is 5.92 Å². The van der Waals surface area contributed by atoms with Gasteiger partial charge in [0.1, 0.15) is 30.1 Å². The number of nitrogens with zero attached hydrogens (tertiary/aromatic N) is 1. The van der Waals surface area contributed by atoms with Crippen molar-refractivity contribution in [2.75, 3.05) is 18.9 Å². The highest BCUT2D eigenvalue weighted by atomic mass is 16.5. The minimum atomic E-state index is -0.729. The Morgan fingerprint density at radius 2 is 1.96 bits per heavy atom. The van der Waals surface area contributed by atoms with Gasteiger partial charge in [0.25, 0.3) is 0 Å². The maximum atomic E-state index is 12.6. The summed E-state index contributed by atoms with van der Waals surface area (Å²) in [4.78, 5) is 12.6. The summed E-state index contributed by atoms with van der Waals surface area (Å²) in [7, 11) is 0. The number of anilines is 1. The highest BCUT2D eigenvalue weighted by Crippen LogP contribution is 2.30. The van der Waals surface area contributed by atoms with Crippen molar-refractivity contribution in [3.63, 3.8) is 0 Å². The number of nitrogens with two attached hydrogens (primary N) is 1. The Morgan fingerprint density at radius 3 is 2.46 bits per heavy atom. The van der Waals surface area contributed by atoms with E-state index in [1.54, 1.807) is 12.1 Å². The molecule has 0 radical (unpaired) electrons. The van der Waals surface area contributed by atoms with Gasteiger partial charge in [-0.05, 0) is 45.7 Å². The highest BCUT2D eigenvalue weighted by molar-refractivity contribution is 6.03. The molecule has 0 spiro atoms. The van der Waals surface area contributed by atoms with Gasteiger partial charge >= 0.3 is 0 Å². The number of ether oxygens (including phenoxy) is 1. The average molecular weight is 361 g/mol. The number of nitriles is 1. The average Bonchev–Trinajstić information content (AvgIpc) is 2.58. The van der Waals surface area contributed by atoms with E-state index in [2.05, 4.69) is 5.32 Å². The number of β-amino-alcohol motifs (C(OH)–C–C–N with tert-alkyl or cyclic N) is 1. The van der Waals surface area contributed by atoms with E-state index in [4.69, 9.17) is 10.5 Å². The van der Waals surface area contributed by atoms with E-state index >= 15 is 0 Å². The predicted octanol–water partition coefficient (Wildman–Crippen LogP) is 2.89. The molecule has 0 aliphatic rings. The standard InChI is InChI=1S/C20H31N3O3/c1-6-13(7-2)19(25)15-8-9-17(16(10-21)18(15)22)26-12-14(24)11-23-20(3,4)5/h8-9,13-14,23-24H,6-7,11-12,22H2,1-5H3. The summed E-state index contributed by atoms with van der Waals surface area (Å²) in [5.74, 6) is 0.117. The van der Waals surface area contributed by atoms with E-state index in [0.29, 0.717) is 12.1 Å². The Morgan fingerprint density at radius 1 is 1.35 bits per heavy atom. The molecule has 1 aromatic rings. The molecule has 6 heteroatoms. The van der Waals surface area contributed by atoms with Gasteiger partial charge in [-0.1, -0.05) is 13.8 Å². The van der Waals surface area contributed by atoms with Crippen LogP contribution in [0.3, 0.4) is 0 Å². The van der Waals surface area contributed by atoms with Crippen LogP contribution in [0.15, 0.2) is 12.1 Å². The molecule has 0 saturated carbocycles. The molecule has 144 valence electrons. The number of nitrogens with one attached hydrogen (secondary N) is 1. The van der Waals surface area contributed by atoms with Crippen LogP contribution in [-0.2, 0) is 0 Å². The van der Waals surface area contributed by atoms with Gasteiger partial charge in [-0.25, -0.2) is 0 Å². The number of Topliss-reactive ketones (excluding diaryl/α,β-unsaturated/α-hetero) is 1. The lowest BCUT2D eigenvalue weighted by Gasteiger charge is -2.23. The van der Waals surface area contributed by atoms with Crippen LogP contribution in [-0.4, -0.2) is 35.7 Å². The normalized spacial score (nSPS) is 12.7. The number of benzene rings is 1. The molecule has 1 rings (SSSR count). The van der Waals surface area contributed by atoms with Gasteiger partial charge in [-0.2, -0.15) is 5.26 Å². The first-order valence-corrected chi connectivity index (χ1v) is 9.07. The largest absolute Gasteiger partial charge is 0.489 e. The van der Waals surface area contributed by atoms with E-state index in [0.717, 1.165) is 12.8 Å². The second-order valence-corrected chi connectivity index (χ2v) is 7.49. The molecule has 6 nitrogen and oxygen atoms in total. The Bertz CT molecular complexity index is 655. The van der Waals surface area contributed by atoms with Gasteiger partial charge < -0.3 is 20.9 Å². The van der Waals surface area contributed by atoms with Gasteiger partial charge in [0.05, 0.1) is 5.69 Å². The van der Waals surface area contributed by atoms with Crippen LogP contribution in [0.4, 0.5) is 5.69 Å². The van der Waals surface area contributed by atoms with Crippen molar-refractivity contribution < 1.29 is 14.6 Å². The zero-order valence-corrected chi connectivity index (χ0v) is 16.4. The van der Waals surface area contributed by atoms with Crippen molar-refractivity contribution in [3.8, 4) is 11.8 Å². The molecule has 26 heavy (non-hydrogen) atoms. The van der Waals surface area contributed by atoms with Crippen molar-refractivity contribution in [1.29, 1.82) is 5.26 Å². The Hall–Kier alpha value is -2.10. The molecule has 0 amide bonds. The van der Waals surface area contributed by atoms with Crippen LogP contribution < -0.4 is 15.8 Å².